The summed E-state index contributed by atoms with van der Waals surface area (Å²) < 4.78 is 11.2. The molecule has 0 spiro atoms. The van der Waals surface area contributed by atoms with Gasteiger partial charge in [-0.05, 0) is 44.4 Å². The Morgan fingerprint density at radius 1 is 1.33 bits per heavy atom. The van der Waals surface area contributed by atoms with Crippen LogP contribution in [0.25, 0.3) is 0 Å². The van der Waals surface area contributed by atoms with Crippen molar-refractivity contribution in [2.24, 2.45) is 16.7 Å². The molecule has 0 aromatic heterocycles. The second kappa shape index (κ2) is 4.72. The van der Waals surface area contributed by atoms with Gasteiger partial charge in [0.1, 0.15) is 5.60 Å². The van der Waals surface area contributed by atoms with Gasteiger partial charge in [0.25, 0.3) is 6.47 Å². The molecule has 0 heterocycles. The van der Waals surface area contributed by atoms with Gasteiger partial charge in [0, 0.05) is 11.8 Å². The Kier molecular flexibility index (Phi) is 3.67. The highest BCUT2D eigenvalue weighted by Crippen LogP contribution is 2.71. The molecule has 2 saturated carbocycles. The van der Waals surface area contributed by atoms with Gasteiger partial charge in [-0.3, -0.25) is 4.79 Å². The zero-order chi connectivity index (χ0) is 16.1. The average Bonchev–Trinajstić information content (AvgIpc) is 2.70. The molecule has 0 aromatic rings. The fraction of sp³-hybridized carbons (Fsp3) is 0.882. The fourth-order valence-electron chi connectivity index (χ4n) is 4.27. The van der Waals surface area contributed by atoms with Gasteiger partial charge in [0.05, 0.1) is 0 Å². The summed E-state index contributed by atoms with van der Waals surface area (Å²) in [6.45, 7) is 12.6. The molecular formula is C17H28O4. The van der Waals surface area contributed by atoms with Crippen LogP contribution in [0.4, 0.5) is 0 Å². The van der Waals surface area contributed by atoms with Gasteiger partial charge in [0.2, 0.25) is 5.60 Å². The van der Waals surface area contributed by atoms with Crippen LogP contribution in [0.15, 0.2) is 0 Å². The molecule has 2 aliphatic carbocycles. The molecule has 0 aliphatic heterocycles. The molecule has 4 nitrogen and oxygen atoms in total. The number of carbonyl (C=O) groups excluding carboxylic acids is 2. The predicted octanol–water partition coefficient (Wildman–Crippen LogP) is 3.48. The molecule has 2 fully saturated rings. The van der Waals surface area contributed by atoms with Gasteiger partial charge in [-0.2, -0.15) is 0 Å². The van der Waals surface area contributed by atoms with Crippen molar-refractivity contribution >= 4 is 12.4 Å². The van der Waals surface area contributed by atoms with Gasteiger partial charge < -0.3 is 9.47 Å². The molecule has 0 amide bonds. The van der Waals surface area contributed by atoms with Crippen molar-refractivity contribution in [3.63, 3.8) is 0 Å². The van der Waals surface area contributed by atoms with E-state index in [0.29, 0.717) is 18.8 Å². The molecule has 0 radical (unpaired) electrons. The van der Waals surface area contributed by atoms with Crippen LogP contribution >= 0.6 is 0 Å². The second-order valence-electron chi connectivity index (χ2n) is 8.04. The van der Waals surface area contributed by atoms with Crippen LogP contribution in [-0.2, 0) is 19.1 Å². The van der Waals surface area contributed by atoms with E-state index in [-0.39, 0.29) is 16.8 Å². The van der Waals surface area contributed by atoms with E-state index in [1.54, 1.807) is 0 Å². The van der Waals surface area contributed by atoms with Crippen LogP contribution in [-0.4, -0.2) is 23.6 Å². The molecule has 3 atom stereocenters. The lowest BCUT2D eigenvalue weighted by Gasteiger charge is -2.45. The maximum Gasteiger partial charge on any atom is 0.351 e. The Bertz CT molecular complexity index is 454. The topological polar surface area (TPSA) is 52.6 Å². The van der Waals surface area contributed by atoms with E-state index < -0.39 is 11.2 Å². The fourth-order valence-corrected chi connectivity index (χ4v) is 4.27. The van der Waals surface area contributed by atoms with Crippen molar-refractivity contribution in [2.45, 2.75) is 78.4 Å². The van der Waals surface area contributed by atoms with E-state index in [1.807, 2.05) is 20.8 Å². The van der Waals surface area contributed by atoms with Crippen molar-refractivity contribution in [1.82, 2.24) is 0 Å². The lowest BCUT2D eigenvalue weighted by Crippen LogP contribution is -2.56. The zero-order valence-corrected chi connectivity index (χ0v) is 14.1. The summed E-state index contributed by atoms with van der Waals surface area (Å²) >= 11 is 0. The zero-order valence-electron chi connectivity index (χ0n) is 14.1. The Hall–Kier alpha value is -1.06. The van der Waals surface area contributed by atoms with E-state index in [9.17, 15) is 9.59 Å². The minimum atomic E-state index is -1.13. The van der Waals surface area contributed by atoms with E-state index >= 15 is 0 Å². The number of ether oxygens (including phenoxy) is 2. The molecule has 0 aromatic carbocycles. The SMILES string of the molecule is CCC(C)(C)OC(=O)C1(OC=O)CC2CCC1(C)C2(C)C. The van der Waals surface area contributed by atoms with Crippen LogP contribution in [0.2, 0.25) is 0 Å². The highest BCUT2D eigenvalue weighted by Gasteiger charge is 2.74. The summed E-state index contributed by atoms with van der Waals surface area (Å²) in [6.07, 6.45) is 3.27. The van der Waals surface area contributed by atoms with Crippen LogP contribution in [0, 0.1) is 16.7 Å². The first-order valence-corrected chi connectivity index (χ1v) is 7.91. The van der Waals surface area contributed by atoms with E-state index in [0.717, 1.165) is 19.3 Å². The third kappa shape index (κ3) is 2.01. The first-order chi connectivity index (χ1) is 9.56. The number of esters is 1. The van der Waals surface area contributed by atoms with Crippen molar-refractivity contribution < 1.29 is 19.1 Å². The Balaban J connectivity index is 2.40. The minimum absolute atomic E-state index is 0.0363. The molecule has 0 saturated heterocycles. The van der Waals surface area contributed by atoms with Crippen LogP contribution in [0.1, 0.15) is 67.2 Å². The molecule has 120 valence electrons. The molecule has 21 heavy (non-hydrogen) atoms. The third-order valence-corrected chi connectivity index (χ3v) is 6.66. The minimum Gasteiger partial charge on any atom is -0.457 e. The number of hydrogen-bond acceptors (Lipinski definition) is 4. The second-order valence-corrected chi connectivity index (χ2v) is 8.04. The maximum absolute atomic E-state index is 12.9. The highest BCUT2D eigenvalue weighted by atomic mass is 16.6. The largest absolute Gasteiger partial charge is 0.457 e. The molecule has 3 unspecified atom stereocenters. The van der Waals surface area contributed by atoms with Gasteiger partial charge in [-0.15, -0.1) is 0 Å². The van der Waals surface area contributed by atoms with Crippen molar-refractivity contribution in [3.05, 3.63) is 0 Å². The van der Waals surface area contributed by atoms with Crippen molar-refractivity contribution in [1.29, 1.82) is 0 Å². The van der Waals surface area contributed by atoms with Gasteiger partial charge >= 0.3 is 5.97 Å². The van der Waals surface area contributed by atoms with Gasteiger partial charge in [-0.1, -0.05) is 27.7 Å². The third-order valence-electron chi connectivity index (χ3n) is 6.66. The molecule has 2 rings (SSSR count). The van der Waals surface area contributed by atoms with E-state index in [1.165, 1.54) is 0 Å². The normalized spacial score (nSPS) is 37.3. The summed E-state index contributed by atoms with van der Waals surface area (Å²) in [5, 5.41) is 0. The quantitative estimate of drug-likeness (QED) is 0.576. The first kappa shape index (κ1) is 16.3. The van der Waals surface area contributed by atoms with Crippen molar-refractivity contribution in [2.75, 3.05) is 0 Å². The number of fused-ring (bicyclic) bond motifs is 2. The monoisotopic (exact) mass is 296 g/mol. The van der Waals surface area contributed by atoms with Gasteiger partial charge in [-0.25, -0.2) is 4.79 Å². The van der Waals surface area contributed by atoms with Crippen LogP contribution in [0.5, 0.6) is 0 Å². The summed E-state index contributed by atoms with van der Waals surface area (Å²) in [7, 11) is 0. The number of carbonyl (C=O) groups is 2. The summed E-state index contributed by atoms with van der Waals surface area (Å²) in [5.74, 6) is 0.0129. The lowest BCUT2D eigenvalue weighted by atomic mass is 9.64. The molecule has 4 heteroatoms. The van der Waals surface area contributed by atoms with E-state index in [2.05, 4.69) is 20.8 Å². The molecular weight excluding hydrogens is 268 g/mol. The van der Waals surface area contributed by atoms with Crippen LogP contribution in [0.3, 0.4) is 0 Å². The summed E-state index contributed by atoms with van der Waals surface area (Å²) in [5.41, 5.74) is -2.08. The Labute approximate surface area is 127 Å². The number of hydrogen-bond donors (Lipinski definition) is 0. The first-order valence-electron chi connectivity index (χ1n) is 7.91. The van der Waals surface area contributed by atoms with Crippen molar-refractivity contribution in [3.8, 4) is 0 Å². The van der Waals surface area contributed by atoms with Gasteiger partial charge in [0.15, 0.2) is 0 Å². The Morgan fingerprint density at radius 2 is 1.95 bits per heavy atom. The predicted molar refractivity (Wildman–Crippen MR) is 79.6 cm³/mol. The number of rotatable bonds is 5. The lowest BCUT2D eigenvalue weighted by molar-refractivity contribution is -0.204. The van der Waals surface area contributed by atoms with E-state index in [4.69, 9.17) is 9.47 Å². The summed E-state index contributed by atoms with van der Waals surface area (Å²) in [4.78, 5) is 24.0. The molecule has 2 aliphatic rings. The maximum atomic E-state index is 12.9. The highest BCUT2D eigenvalue weighted by molar-refractivity contribution is 5.83. The summed E-state index contributed by atoms with van der Waals surface area (Å²) in [6, 6.07) is 0. The average molecular weight is 296 g/mol. The standard InChI is InChI=1S/C17H28O4/c1-7-14(2,3)21-13(19)17(20-11-18)10-12-8-9-16(17,6)15(12,4)5/h11-12H,7-10H2,1-6H3. The smallest absolute Gasteiger partial charge is 0.351 e. The molecule has 2 bridgehead atoms. The van der Waals surface area contributed by atoms with Crippen LogP contribution < -0.4 is 0 Å². The molecule has 0 N–H and O–H groups in total. The Morgan fingerprint density at radius 3 is 2.33 bits per heavy atom.